The van der Waals surface area contributed by atoms with Crippen molar-refractivity contribution in [1.82, 2.24) is 4.90 Å². The third kappa shape index (κ3) is 4.43. The summed E-state index contributed by atoms with van der Waals surface area (Å²) in [6.45, 7) is 5.40. The number of benzene rings is 1. The van der Waals surface area contributed by atoms with Gasteiger partial charge in [-0.25, -0.2) is 0 Å². The van der Waals surface area contributed by atoms with E-state index >= 15 is 0 Å². The molecule has 1 aromatic carbocycles. The van der Waals surface area contributed by atoms with Crippen LogP contribution in [0.25, 0.3) is 0 Å². The highest BCUT2D eigenvalue weighted by Gasteiger charge is 2.21. The molecule has 18 heavy (non-hydrogen) atoms. The number of ether oxygens (including phenoxy) is 1. The van der Waals surface area contributed by atoms with Crippen LogP contribution < -0.4 is 4.74 Å². The molecule has 5 heteroatoms. The van der Waals surface area contributed by atoms with Crippen molar-refractivity contribution in [3.8, 4) is 5.75 Å². The second-order valence-corrected chi connectivity index (χ2v) is 6.11. The molecule has 1 aromatic rings. The highest BCUT2D eigenvalue weighted by Crippen LogP contribution is 2.27. The number of hydrogen-bond acceptors (Lipinski definition) is 3. The van der Waals surface area contributed by atoms with Gasteiger partial charge in [0, 0.05) is 17.1 Å². The minimum atomic E-state index is -0.236. The molecule has 3 nitrogen and oxygen atoms in total. The summed E-state index contributed by atoms with van der Waals surface area (Å²) >= 11 is 9.26. The van der Waals surface area contributed by atoms with E-state index in [4.69, 9.17) is 16.3 Å². The third-order valence-corrected chi connectivity index (χ3v) is 3.85. The van der Waals surface area contributed by atoms with E-state index in [0.29, 0.717) is 11.6 Å². The van der Waals surface area contributed by atoms with Crippen molar-refractivity contribution in [2.24, 2.45) is 0 Å². The largest absolute Gasteiger partial charge is 0.491 e. The smallest absolute Gasteiger partial charge is 0.133 e. The summed E-state index contributed by atoms with van der Waals surface area (Å²) in [4.78, 5) is 2.07. The molecule has 0 saturated carbocycles. The van der Waals surface area contributed by atoms with E-state index in [0.717, 1.165) is 16.8 Å². The molecule has 0 atom stereocenters. The van der Waals surface area contributed by atoms with Gasteiger partial charge in [0.25, 0.3) is 0 Å². The molecule has 0 unspecified atom stereocenters. The van der Waals surface area contributed by atoms with E-state index in [1.807, 2.05) is 27.0 Å². The fourth-order valence-electron chi connectivity index (χ4n) is 1.31. The highest BCUT2D eigenvalue weighted by atomic mass is 79.9. The second-order valence-electron chi connectivity index (χ2n) is 4.82. The number of aliphatic hydroxyl groups excluding tert-OH is 1. The molecule has 0 saturated heterocycles. The van der Waals surface area contributed by atoms with E-state index in [2.05, 4.69) is 20.8 Å². The lowest BCUT2D eigenvalue weighted by Crippen LogP contribution is -2.45. The molecule has 0 bridgehead atoms. The molecule has 0 fully saturated rings. The SMILES string of the molecule is CN(CCOc1ccc(Cl)cc1Br)C(C)(C)CO. The molecule has 102 valence electrons. The van der Waals surface area contributed by atoms with Gasteiger partial charge < -0.3 is 9.84 Å². The highest BCUT2D eigenvalue weighted by molar-refractivity contribution is 9.10. The quantitative estimate of drug-likeness (QED) is 0.866. The molecule has 0 aromatic heterocycles. The number of halogens is 2. The van der Waals surface area contributed by atoms with Crippen molar-refractivity contribution >= 4 is 27.5 Å². The Labute approximate surface area is 122 Å². The van der Waals surface area contributed by atoms with Crippen molar-refractivity contribution in [2.75, 3.05) is 26.8 Å². The van der Waals surface area contributed by atoms with Gasteiger partial charge in [0.15, 0.2) is 0 Å². The minimum absolute atomic E-state index is 0.119. The molecule has 1 rings (SSSR count). The van der Waals surface area contributed by atoms with Crippen LogP contribution in [0.4, 0.5) is 0 Å². The van der Waals surface area contributed by atoms with Gasteiger partial charge >= 0.3 is 0 Å². The molecule has 0 amide bonds. The molecule has 0 spiro atoms. The normalized spacial score (nSPS) is 11.9. The lowest BCUT2D eigenvalue weighted by Gasteiger charge is -2.33. The van der Waals surface area contributed by atoms with Crippen LogP contribution in [0.15, 0.2) is 22.7 Å². The van der Waals surface area contributed by atoms with Crippen LogP contribution in [0.1, 0.15) is 13.8 Å². The predicted octanol–water partition coefficient (Wildman–Crippen LogP) is 3.18. The Bertz CT molecular complexity index is 399. The zero-order valence-electron chi connectivity index (χ0n) is 10.9. The van der Waals surface area contributed by atoms with Gasteiger partial charge in [0.1, 0.15) is 12.4 Å². The van der Waals surface area contributed by atoms with E-state index < -0.39 is 0 Å². The van der Waals surface area contributed by atoms with Crippen molar-refractivity contribution in [3.63, 3.8) is 0 Å². The first-order chi connectivity index (χ1) is 8.36. The maximum atomic E-state index is 9.25. The maximum absolute atomic E-state index is 9.25. The topological polar surface area (TPSA) is 32.7 Å². The summed E-state index contributed by atoms with van der Waals surface area (Å²) in [5, 5.41) is 9.92. The lowest BCUT2D eigenvalue weighted by atomic mass is 10.1. The average Bonchev–Trinajstić information content (AvgIpc) is 2.31. The second kappa shape index (κ2) is 6.75. The van der Waals surface area contributed by atoms with Crippen LogP contribution >= 0.6 is 27.5 Å². The Morgan fingerprint density at radius 2 is 2.11 bits per heavy atom. The summed E-state index contributed by atoms with van der Waals surface area (Å²) in [6, 6.07) is 5.44. The average molecular weight is 337 g/mol. The Hall–Kier alpha value is -0.290. The molecule has 0 radical (unpaired) electrons. The van der Waals surface area contributed by atoms with Crippen molar-refractivity contribution in [2.45, 2.75) is 19.4 Å². The predicted molar refractivity (Wildman–Crippen MR) is 78.4 cm³/mol. The zero-order chi connectivity index (χ0) is 13.8. The first kappa shape index (κ1) is 15.8. The van der Waals surface area contributed by atoms with Crippen LogP contribution in [0.5, 0.6) is 5.75 Å². The van der Waals surface area contributed by atoms with Gasteiger partial charge in [-0.3, -0.25) is 4.90 Å². The van der Waals surface area contributed by atoms with Gasteiger partial charge in [-0.1, -0.05) is 11.6 Å². The first-order valence-electron chi connectivity index (χ1n) is 5.77. The van der Waals surface area contributed by atoms with Gasteiger partial charge in [-0.05, 0) is 55.0 Å². The van der Waals surface area contributed by atoms with E-state index in [-0.39, 0.29) is 12.1 Å². The number of aliphatic hydroxyl groups is 1. The Balaban J connectivity index is 2.47. The molecular formula is C13H19BrClNO2. The maximum Gasteiger partial charge on any atom is 0.133 e. The number of rotatable bonds is 6. The van der Waals surface area contributed by atoms with Crippen molar-refractivity contribution in [3.05, 3.63) is 27.7 Å². The summed E-state index contributed by atoms with van der Waals surface area (Å²) in [7, 11) is 1.97. The first-order valence-corrected chi connectivity index (χ1v) is 6.94. The van der Waals surface area contributed by atoms with Crippen LogP contribution in [-0.2, 0) is 0 Å². The summed E-state index contributed by atoms with van der Waals surface area (Å²) in [5.74, 6) is 0.773. The summed E-state index contributed by atoms with van der Waals surface area (Å²) in [5.41, 5.74) is -0.236. The summed E-state index contributed by atoms with van der Waals surface area (Å²) < 4.78 is 6.52. The number of hydrogen-bond donors (Lipinski definition) is 1. The lowest BCUT2D eigenvalue weighted by molar-refractivity contribution is 0.0678. The fraction of sp³-hybridized carbons (Fsp3) is 0.538. The van der Waals surface area contributed by atoms with Crippen molar-refractivity contribution in [1.29, 1.82) is 0 Å². The van der Waals surface area contributed by atoms with Crippen LogP contribution in [0.3, 0.4) is 0 Å². The minimum Gasteiger partial charge on any atom is -0.491 e. The summed E-state index contributed by atoms with van der Waals surface area (Å²) in [6.07, 6.45) is 0. The van der Waals surface area contributed by atoms with Gasteiger partial charge in [0.05, 0.1) is 11.1 Å². The van der Waals surface area contributed by atoms with Crippen LogP contribution in [-0.4, -0.2) is 42.4 Å². The molecule has 0 heterocycles. The fourth-order valence-corrected chi connectivity index (χ4v) is 2.11. The van der Waals surface area contributed by atoms with Crippen LogP contribution in [0, 0.1) is 0 Å². The number of likely N-dealkylation sites (N-methyl/N-ethyl adjacent to an activating group) is 1. The third-order valence-electron chi connectivity index (χ3n) is 3.00. The zero-order valence-corrected chi connectivity index (χ0v) is 13.3. The Kier molecular flexibility index (Phi) is 5.92. The standard InChI is InChI=1S/C13H19BrClNO2/c1-13(2,9-17)16(3)6-7-18-12-5-4-10(15)8-11(12)14/h4-5,8,17H,6-7,9H2,1-3H3. The molecule has 0 aliphatic heterocycles. The molecule has 0 aliphatic carbocycles. The van der Waals surface area contributed by atoms with Gasteiger partial charge in [-0.15, -0.1) is 0 Å². The van der Waals surface area contributed by atoms with E-state index in [1.54, 1.807) is 12.1 Å². The van der Waals surface area contributed by atoms with E-state index in [1.165, 1.54) is 0 Å². The Morgan fingerprint density at radius 1 is 1.44 bits per heavy atom. The van der Waals surface area contributed by atoms with Gasteiger partial charge in [0.2, 0.25) is 0 Å². The molecule has 1 N–H and O–H groups in total. The monoisotopic (exact) mass is 335 g/mol. The van der Waals surface area contributed by atoms with Crippen LogP contribution in [0.2, 0.25) is 5.02 Å². The Morgan fingerprint density at radius 3 is 2.67 bits per heavy atom. The van der Waals surface area contributed by atoms with Crippen molar-refractivity contribution < 1.29 is 9.84 Å². The molecular weight excluding hydrogens is 318 g/mol. The number of nitrogens with zero attached hydrogens (tertiary/aromatic N) is 1. The van der Waals surface area contributed by atoms with E-state index in [9.17, 15) is 5.11 Å². The molecule has 0 aliphatic rings. The van der Waals surface area contributed by atoms with Gasteiger partial charge in [-0.2, -0.15) is 0 Å².